The van der Waals surface area contributed by atoms with Crippen molar-refractivity contribution in [2.24, 2.45) is 0 Å². The lowest BCUT2D eigenvalue weighted by atomic mass is 10.1. The molecule has 0 aromatic carbocycles. The summed E-state index contributed by atoms with van der Waals surface area (Å²) in [6.45, 7) is 2.28. The van der Waals surface area contributed by atoms with E-state index >= 15 is 0 Å². The Hall–Kier alpha value is -2.07. The summed E-state index contributed by atoms with van der Waals surface area (Å²) in [4.78, 5) is 34.9. The molecule has 308 valence electrons. The fourth-order valence-electron chi connectivity index (χ4n) is 5.23. The van der Waals surface area contributed by atoms with Gasteiger partial charge in [0.05, 0.1) is 19.8 Å². The van der Waals surface area contributed by atoms with Crippen LogP contribution in [0.4, 0.5) is 0 Å². The van der Waals surface area contributed by atoms with Crippen molar-refractivity contribution in [3.63, 3.8) is 0 Å². The van der Waals surface area contributed by atoms with Gasteiger partial charge in [-0.3, -0.25) is 18.6 Å². The number of allylic oxidation sites excluding steroid dienone is 8. The van der Waals surface area contributed by atoms with Crippen LogP contribution in [0.25, 0.3) is 0 Å². The number of esters is 2. The van der Waals surface area contributed by atoms with Crippen molar-refractivity contribution in [2.45, 2.75) is 180 Å². The van der Waals surface area contributed by atoms with Gasteiger partial charge in [-0.05, 0) is 77.0 Å². The Morgan fingerprint density at radius 3 is 1.57 bits per heavy atom. The summed E-state index contributed by atoms with van der Waals surface area (Å²) in [6.07, 6.45) is 39.3. The molecule has 3 atom stereocenters. The molecule has 0 aromatic rings. The van der Waals surface area contributed by atoms with Crippen LogP contribution in [0.15, 0.2) is 48.6 Å². The van der Waals surface area contributed by atoms with Crippen LogP contribution in [0.3, 0.4) is 0 Å². The zero-order valence-corrected chi connectivity index (χ0v) is 34.1. The lowest BCUT2D eigenvalue weighted by molar-refractivity contribution is -0.161. The monoisotopic (exact) mass is 771 g/mol. The molecule has 10 nitrogen and oxygen atoms in total. The van der Waals surface area contributed by atoms with E-state index in [4.69, 9.17) is 19.1 Å². The van der Waals surface area contributed by atoms with Crippen molar-refractivity contribution in [1.82, 2.24) is 0 Å². The first-order chi connectivity index (χ1) is 25.7. The van der Waals surface area contributed by atoms with E-state index in [1.807, 2.05) is 0 Å². The molecule has 0 saturated carbocycles. The molecule has 0 rings (SSSR count). The van der Waals surface area contributed by atoms with E-state index in [0.29, 0.717) is 12.8 Å². The zero-order valence-electron chi connectivity index (χ0n) is 33.2. The quantitative estimate of drug-likeness (QED) is 0.0240. The second kappa shape index (κ2) is 38.2. The van der Waals surface area contributed by atoms with E-state index in [0.717, 1.165) is 57.8 Å². The van der Waals surface area contributed by atoms with Gasteiger partial charge in [0.1, 0.15) is 12.7 Å². The highest BCUT2D eigenvalue weighted by Gasteiger charge is 2.27. The van der Waals surface area contributed by atoms with E-state index in [9.17, 15) is 24.2 Å². The predicted octanol–water partition coefficient (Wildman–Crippen LogP) is 10.6. The molecule has 1 unspecified atom stereocenters. The summed E-state index contributed by atoms with van der Waals surface area (Å²) >= 11 is 0. The highest BCUT2D eigenvalue weighted by atomic mass is 31.2. The largest absolute Gasteiger partial charge is 0.472 e. The Labute approximate surface area is 322 Å². The van der Waals surface area contributed by atoms with Gasteiger partial charge in [-0.2, -0.15) is 0 Å². The molecule has 3 N–H and O–H groups in total. The zero-order chi connectivity index (χ0) is 39.1. The fourth-order valence-corrected chi connectivity index (χ4v) is 6.02. The fraction of sp³-hybridized carbons (Fsp3) is 0.762. The van der Waals surface area contributed by atoms with Gasteiger partial charge in [-0.25, -0.2) is 4.57 Å². The molecule has 0 aliphatic rings. The number of carbonyl (C=O) groups is 2. The maximum Gasteiger partial charge on any atom is 0.472 e. The van der Waals surface area contributed by atoms with Gasteiger partial charge in [-0.15, -0.1) is 0 Å². The molecule has 0 radical (unpaired) electrons. The van der Waals surface area contributed by atoms with Gasteiger partial charge in [0.15, 0.2) is 6.10 Å². The van der Waals surface area contributed by atoms with E-state index < -0.39 is 51.8 Å². The van der Waals surface area contributed by atoms with Gasteiger partial charge in [0.2, 0.25) is 0 Å². The normalized spacial score (nSPS) is 14.4. The van der Waals surface area contributed by atoms with Crippen molar-refractivity contribution in [1.29, 1.82) is 0 Å². The number of phosphoric acid groups is 1. The third-order valence-electron chi connectivity index (χ3n) is 8.46. The molecule has 11 heteroatoms. The lowest BCUT2D eigenvalue weighted by Crippen LogP contribution is -2.29. The maximum absolute atomic E-state index is 12.6. The Balaban J connectivity index is 4.41. The van der Waals surface area contributed by atoms with Crippen LogP contribution in [0.5, 0.6) is 0 Å². The van der Waals surface area contributed by atoms with E-state index in [1.165, 1.54) is 70.6 Å². The molecule has 0 amide bonds. The minimum Gasteiger partial charge on any atom is -0.462 e. The minimum absolute atomic E-state index is 0.170. The summed E-state index contributed by atoms with van der Waals surface area (Å²) in [7, 11) is -4.62. The summed E-state index contributed by atoms with van der Waals surface area (Å²) < 4.78 is 32.6. The maximum atomic E-state index is 12.6. The predicted molar refractivity (Wildman–Crippen MR) is 214 cm³/mol. The Kier molecular flexibility index (Phi) is 36.7. The molecule has 0 spiro atoms. The molecular formula is C42H75O10P. The number of hydrogen-bond donors (Lipinski definition) is 3. The van der Waals surface area contributed by atoms with Crippen molar-refractivity contribution in [3.8, 4) is 0 Å². The molecule has 0 aromatic heterocycles. The van der Waals surface area contributed by atoms with Crippen LogP contribution >= 0.6 is 7.82 Å². The van der Waals surface area contributed by atoms with Crippen LogP contribution in [0, 0.1) is 0 Å². The average Bonchev–Trinajstić information content (AvgIpc) is 3.14. The van der Waals surface area contributed by atoms with Gasteiger partial charge in [0, 0.05) is 12.8 Å². The number of aliphatic hydroxyl groups excluding tert-OH is 2. The second-order valence-corrected chi connectivity index (χ2v) is 15.1. The van der Waals surface area contributed by atoms with Crippen LogP contribution in [-0.2, 0) is 32.7 Å². The van der Waals surface area contributed by atoms with Crippen molar-refractivity contribution < 1.29 is 47.8 Å². The number of aliphatic hydroxyl groups is 2. The Morgan fingerprint density at radius 1 is 0.566 bits per heavy atom. The molecule has 0 aliphatic carbocycles. The van der Waals surface area contributed by atoms with Crippen LogP contribution < -0.4 is 0 Å². The molecule has 0 fully saturated rings. The SMILES string of the molecule is CCCCC/C=C\C/C=C\C/C=C\CCCCC(=O)OC[C@H](COP(=O)(O)OC[C@@H](O)CO)OC(=O)CCCCCCCCC/C=C\CCCCCC. The summed E-state index contributed by atoms with van der Waals surface area (Å²) in [5.41, 5.74) is 0. The average molecular weight is 771 g/mol. The number of hydrogen-bond acceptors (Lipinski definition) is 9. The molecule has 0 saturated heterocycles. The highest BCUT2D eigenvalue weighted by molar-refractivity contribution is 7.47. The third kappa shape index (κ3) is 38.0. The van der Waals surface area contributed by atoms with Crippen molar-refractivity contribution in [2.75, 3.05) is 26.4 Å². The molecule has 0 bridgehead atoms. The Bertz CT molecular complexity index is 1030. The first-order valence-corrected chi connectivity index (χ1v) is 22.1. The highest BCUT2D eigenvalue weighted by Crippen LogP contribution is 2.43. The van der Waals surface area contributed by atoms with E-state index in [1.54, 1.807) is 0 Å². The van der Waals surface area contributed by atoms with Gasteiger partial charge in [-0.1, -0.05) is 127 Å². The summed E-state index contributed by atoms with van der Waals surface area (Å²) in [5, 5.41) is 18.3. The summed E-state index contributed by atoms with van der Waals surface area (Å²) in [5.74, 6) is -0.977. The number of rotatable bonds is 38. The lowest BCUT2D eigenvalue weighted by Gasteiger charge is -2.20. The number of unbranched alkanes of at least 4 members (excludes halogenated alkanes) is 16. The molecule has 53 heavy (non-hydrogen) atoms. The van der Waals surface area contributed by atoms with Crippen LogP contribution in [0.1, 0.15) is 168 Å². The summed E-state index contributed by atoms with van der Waals surface area (Å²) in [6, 6.07) is 0. The standard InChI is InChI=1S/C42H75O10P/c1-3-5-7-9-11-13-15-17-19-21-23-25-27-29-31-33-41(45)49-37-40(38-51-53(47,48)50-36-39(44)35-43)52-42(46)34-32-30-28-26-24-22-20-18-16-14-12-10-8-6-4-2/h11,13-14,16-17,19,23,25,39-40,43-44H,3-10,12,15,18,20-22,24,26-38H2,1-2H3,(H,47,48)/b13-11-,16-14-,19-17-,25-23-/t39-,40+/m0/s1. The second-order valence-electron chi connectivity index (χ2n) is 13.7. The van der Waals surface area contributed by atoms with Crippen molar-refractivity contribution >= 4 is 19.8 Å². The first kappa shape index (κ1) is 50.9. The number of ether oxygens (including phenoxy) is 2. The van der Waals surface area contributed by atoms with E-state index in [2.05, 4.69) is 67.0 Å². The number of carbonyl (C=O) groups excluding carboxylic acids is 2. The third-order valence-corrected chi connectivity index (χ3v) is 9.41. The van der Waals surface area contributed by atoms with Gasteiger partial charge < -0.3 is 24.6 Å². The molecular weight excluding hydrogens is 695 g/mol. The van der Waals surface area contributed by atoms with E-state index in [-0.39, 0.29) is 19.4 Å². The smallest absolute Gasteiger partial charge is 0.462 e. The van der Waals surface area contributed by atoms with Crippen molar-refractivity contribution in [3.05, 3.63) is 48.6 Å². The molecule has 0 heterocycles. The Morgan fingerprint density at radius 2 is 0.981 bits per heavy atom. The minimum atomic E-state index is -4.62. The topological polar surface area (TPSA) is 149 Å². The molecule has 0 aliphatic heterocycles. The first-order valence-electron chi connectivity index (χ1n) is 20.6. The van der Waals surface area contributed by atoms with Gasteiger partial charge >= 0.3 is 19.8 Å². The number of phosphoric ester groups is 1. The van der Waals surface area contributed by atoms with Crippen LogP contribution in [0.2, 0.25) is 0 Å². The van der Waals surface area contributed by atoms with Crippen LogP contribution in [-0.4, -0.2) is 65.7 Å². The van der Waals surface area contributed by atoms with Gasteiger partial charge in [0.25, 0.3) is 0 Å².